The van der Waals surface area contributed by atoms with E-state index in [0.717, 1.165) is 60.1 Å². The Kier molecular flexibility index (Phi) is 11.4. The number of halogens is 2. The quantitative estimate of drug-likeness (QED) is 0.160. The van der Waals surface area contributed by atoms with E-state index < -0.39 is 10.8 Å². The maximum atomic E-state index is 14.2. The summed E-state index contributed by atoms with van der Waals surface area (Å²) in [5, 5.41) is 12.5. The van der Waals surface area contributed by atoms with Crippen LogP contribution in [-0.4, -0.2) is 66.0 Å². The van der Waals surface area contributed by atoms with E-state index in [1.54, 1.807) is 24.3 Å². The lowest BCUT2D eigenvalue weighted by Crippen LogP contribution is -2.36. The number of likely N-dealkylation sites (N-methyl/N-ethyl adjacent to an activating group) is 1. The summed E-state index contributed by atoms with van der Waals surface area (Å²) < 4.78 is 18.3. The van der Waals surface area contributed by atoms with Crippen LogP contribution in [0.4, 0.5) is 0 Å². The Morgan fingerprint density at radius 3 is 2.48 bits per heavy atom. The highest BCUT2D eigenvalue weighted by atomic mass is 35.5. The number of carbonyl (C=O) groups excluding carboxylic acids is 1. The normalized spacial score (nSPS) is 15.3. The molecule has 0 bridgehead atoms. The molecule has 240 valence electrons. The Morgan fingerprint density at radius 1 is 1.07 bits per heavy atom. The SMILES string of the molecule is CCOc1c(C#N)cc2ccccc2c1C(=O)N(C)C[C@@H](CCN1CCC(c2ccccc2S(C)=O)CC1)c1ccc(Cl)c(Cl)c1. The predicted octanol–water partition coefficient (Wildman–Crippen LogP) is 8.28. The van der Waals surface area contributed by atoms with E-state index in [-0.39, 0.29) is 11.8 Å². The zero-order valence-corrected chi connectivity index (χ0v) is 28.8. The minimum Gasteiger partial charge on any atom is -0.492 e. The Morgan fingerprint density at radius 2 is 1.78 bits per heavy atom. The van der Waals surface area contributed by atoms with Gasteiger partial charge in [0.25, 0.3) is 5.91 Å². The van der Waals surface area contributed by atoms with E-state index >= 15 is 0 Å². The molecule has 1 aliphatic rings. The molecule has 1 aliphatic heterocycles. The summed E-state index contributed by atoms with van der Waals surface area (Å²) in [6, 6.07) is 25.4. The fraction of sp³-hybridized carbons (Fsp3) is 0.351. The summed E-state index contributed by atoms with van der Waals surface area (Å²) in [5.74, 6) is 0.507. The van der Waals surface area contributed by atoms with E-state index in [0.29, 0.717) is 46.0 Å². The highest BCUT2D eigenvalue weighted by Gasteiger charge is 2.28. The van der Waals surface area contributed by atoms with Gasteiger partial charge in [0.1, 0.15) is 11.8 Å². The van der Waals surface area contributed by atoms with Crippen LogP contribution in [0.1, 0.15) is 65.1 Å². The molecule has 1 saturated heterocycles. The molecule has 46 heavy (non-hydrogen) atoms. The molecule has 2 atom stereocenters. The fourth-order valence-corrected chi connectivity index (χ4v) is 7.68. The highest BCUT2D eigenvalue weighted by molar-refractivity contribution is 7.84. The Balaban J connectivity index is 1.36. The third kappa shape index (κ3) is 7.58. The second-order valence-electron chi connectivity index (χ2n) is 11.8. The van der Waals surface area contributed by atoms with Gasteiger partial charge in [-0.3, -0.25) is 9.00 Å². The number of piperidine rings is 1. The van der Waals surface area contributed by atoms with E-state index in [1.807, 2.05) is 67.6 Å². The molecule has 4 aromatic rings. The highest BCUT2D eigenvalue weighted by Crippen LogP contribution is 2.36. The summed E-state index contributed by atoms with van der Waals surface area (Å²) in [6.45, 7) is 5.38. The molecule has 1 unspecified atom stereocenters. The monoisotopic (exact) mass is 675 g/mol. The zero-order chi connectivity index (χ0) is 32.8. The van der Waals surface area contributed by atoms with Crippen LogP contribution in [0.3, 0.4) is 0 Å². The third-order valence-corrected chi connectivity index (χ3v) is 10.7. The summed E-state index contributed by atoms with van der Waals surface area (Å²) in [5.41, 5.74) is 2.97. The number of nitrogens with zero attached hydrogens (tertiary/aromatic N) is 3. The van der Waals surface area contributed by atoms with Crippen molar-refractivity contribution in [3.05, 3.63) is 105 Å². The molecule has 0 N–H and O–H groups in total. The second kappa shape index (κ2) is 15.5. The topological polar surface area (TPSA) is 73.6 Å². The van der Waals surface area contributed by atoms with Gasteiger partial charge < -0.3 is 14.5 Å². The average molecular weight is 677 g/mol. The molecule has 1 amide bonds. The number of amides is 1. The van der Waals surface area contributed by atoms with Crippen molar-refractivity contribution in [2.45, 2.75) is 42.9 Å². The van der Waals surface area contributed by atoms with Crippen LogP contribution in [0.2, 0.25) is 10.0 Å². The summed E-state index contributed by atoms with van der Waals surface area (Å²) in [4.78, 5) is 19.4. The van der Waals surface area contributed by atoms with E-state index in [4.69, 9.17) is 27.9 Å². The minimum atomic E-state index is -1.01. The summed E-state index contributed by atoms with van der Waals surface area (Å²) >= 11 is 12.8. The van der Waals surface area contributed by atoms with Crippen molar-refractivity contribution in [1.29, 1.82) is 5.26 Å². The third-order valence-electron chi connectivity index (χ3n) is 8.93. The second-order valence-corrected chi connectivity index (χ2v) is 14.0. The number of nitriles is 1. The van der Waals surface area contributed by atoms with Crippen molar-refractivity contribution >= 4 is 50.7 Å². The molecule has 9 heteroatoms. The molecule has 0 aliphatic carbocycles. The van der Waals surface area contributed by atoms with Gasteiger partial charge in [-0.15, -0.1) is 0 Å². The van der Waals surface area contributed by atoms with Gasteiger partial charge >= 0.3 is 0 Å². The van der Waals surface area contributed by atoms with Gasteiger partial charge in [0.2, 0.25) is 0 Å². The van der Waals surface area contributed by atoms with E-state index in [1.165, 1.54) is 5.56 Å². The largest absolute Gasteiger partial charge is 0.492 e. The molecule has 1 heterocycles. The van der Waals surface area contributed by atoms with Gasteiger partial charge in [0.15, 0.2) is 0 Å². The van der Waals surface area contributed by atoms with E-state index in [9.17, 15) is 14.3 Å². The van der Waals surface area contributed by atoms with Crippen molar-refractivity contribution in [1.82, 2.24) is 9.80 Å². The number of ether oxygens (including phenoxy) is 1. The standard InChI is InChI=1S/C37H39Cl2N3O3S/c1-4-45-36-29(23-40)21-27-9-5-6-11-31(27)35(36)37(43)41(2)24-28(26-13-14-32(38)33(39)22-26)17-20-42-18-15-25(16-19-42)30-10-7-8-12-34(30)46(3)44/h5-14,21-22,25,28H,4,15-20,24H2,1-3H3/t28-,46?/m1/s1. The Bertz CT molecular complexity index is 1780. The molecule has 0 spiro atoms. The molecule has 0 radical (unpaired) electrons. The van der Waals surface area contributed by atoms with Crippen LogP contribution < -0.4 is 4.74 Å². The van der Waals surface area contributed by atoms with Crippen LogP contribution in [0, 0.1) is 11.3 Å². The smallest absolute Gasteiger partial charge is 0.258 e. The number of likely N-dealkylation sites (tertiary alicyclic amines) is 1. The van der Waals surface area contributed by atoms with Crippen molar-refractivity contribution in [2.24, 2.45) is 0 Å². The molecule has 4 aromatic carbocycles. The minimum absolute atomic E-state index is 0.00867. The number of benzene rings is 4. The molecule has 6 nitrogen and oxygen atoms in total. The first kappa shape index (κ1) is 33.9. The van der Waals surface area contributed by atoms with Crippen LogP contribution >= 0.6 is 23.2 Å². The van der Waals surface area contributed by atoms with E-state index in [2.05, 4.69) is 17.0 Å². The van der Waals surface area contributed by atoms with Crippen molar-refractivity contribution in [3.63, 3.8) is 0 Å². The first-order chi connectivity index (χ1) is 22.2. The number of carbonyl (C=O) groups is 1. The van der Waals surface area contributed by atoms with Crippen LogP contribution in [-0.2, 0) is 10.8 Å². The average Bonchev–Trinajstić information content (AvgIpc) is 3.07. The first-order valence-electron chi connectivity index (χ1n) is 15.7. The number of hydrogen-bond donors (Lipinski definition) is 0. The van der Waals surface area contributed by atoms with Gasteiger partial charge in [-0.25, -0.2) is 0 Å². The maximum absolute atomic E-state index is 14.2. The molecular formula is C37H39Cl2N3O3S. The van der Waals surface area contributed by atoms with Gasteiger partial charge in [-0.2, -0.15) is 5.26 Å². The van der Waals surface area contributed by atoms with Crippen molar-refractivity contribution in [2.75, 3.05) is 46.1 Å². The lowest BCUT2D eigenvalue weighted by molar-refractivity contribution is 0.0779. The lowest BCUT2D eigenvalue weighted by atomic mass is 9.88. The number of fused-ring (bicyclic) bond motifs is 1. The number of rotatable bonds is 11. The van der Waals surface area contributed by atoms with Gasteiger partial charge in [0.05, 0.1) is 38.6 Å². The molecule has 0 aromatic heterocycles. The molecule has 5 rings (SSSR count). The Hall–Kier alpha value is -3.41. The van der Waals surface area contributed by atoms with Gasteiger partial charge in [-0.05, 0) is 97.9 Å². The lowest BCUT2D eigenvalue weighted by Gasteiger charge is -2.34. The van der Waals surface area contributed by atoms with Crippen molar-refractivity contribution in [3.8, 4) is 11.8 Å². The maximum Gasteiger partial charge on any atom is 0.258 e. The van der Waals surface area contributed by atoms with Crippen molar-refractivity contribution < 1.29 is 13.7 Å². The molecular weight excluding hydrogens is 637 g/mol. The van der Waals surface area contributed by atoms with Crippen LogP contribution in [0.25, 0.3) is 10.8 Å². The van der Waals surface area contributed by atoms with Crippen LogP contribution in [0.5, 0.6) is 5.75 Å². The zero-order valence-electron chi connectivity index (χ0n) is 26.5. The van der Waals surface area contributed by atoms with Gasteiger partial charge in [-0.1, -0.05) is 71.7 Å². The summed E-state index contributed by atoms with van der Waals surface area (Å²) in [6.07, 6.45) is 4.57. The molecule has 0 saturated carbocycles. The van der Waals surface area contributed by atoms with Gasteiger partial charge in [0, 0.05) is 30.7 Å². The van der Waals surface area contributed by atoms with Crippen LogP contribution in [0.15, 0.2) is 77.7 Å². The predicted molar refractivity (Wildman–Crippen MR) is 188 cm³/mol. The summed E-state index contributed by atoms with van der Waals surface area (Å²) in [7, 11) is 0.791. The number of hydrogen-bond acceptors (Lipinski definition) is 5. The molecule has 1 fully saturated rings. The first-order valence-corrected chi connectivity index (χ1v) is 18.0. The Labute approximate surface area is 284 Å². The fourth-order valence-electron chi connectivity index (χ4n) is 6.54.